The summed E-state index contributed by atoms with van der Waals surface area (Å²) in [5, 5.41) is 5.72. The van der Waals surface area contributed by atoms with Crippen LogP contribution in [0.4, 0.5) is 13.6 Å². The molecule has 0 radical (unpaired) electrons. The van der Waals surface area contributed by atoms with Crippen molar-refractivity contribution in [3.05, 3.63) is 41.6 Å². The molecule has 7 rings (SSSR count). The lowest BCUT2D eigenvalue weighted by atomic mass is 9.65. The molecular formula is C45H61F2N5O10S. The van der Waals surface area contributed by atoms with Gasteiger partial charge < -0.3 is 34.5 Å². The van der Waals surface area contributed by atoms with Crippen LogP contribution >= 0.6 is 0 Å². The van der Waals surface area contributed by atoms with Crippen LogP contribution in [0.3, 0.4) is 0 Å². The van der Waals surface area contributed by atoms with E-state index in [1.165, 1.54) is 25.2 Å². The van der Waals surface area contributed by atoms with Gasteiger partial charge in [0.15, 0.2) is 5.75 Å². The zero-order valence-electron chi connectivity index (χ0n) is 37.2. The van der Waals surface area contributed by atoms with Crippen molar-refractivity contribution >= 4 is 44.7 Å². The Bertz CT molecular complexity index is 2280. The molecule has 4 heterocycles. The lowest BCUT2D eigenvalue weighted by molar-refractivity contribution is -0.145. The third-order valence-corrected chi connectivity index (χ3v) is 15.8. The van der Waals surface area contributed by atoms with Crippen molar-refractivity contribution in [1.29, 1.82) is 0 Å². The minimum absolute atomic E-state index is 0.0917. The number of hydrogen-bond acceptors (Lipinski definition) is 11. The monoisotopic (exact) mass is 901 g/mol. The Morgan fingerprint density at radius 1 is 1.10 bits per heavy atom. The SMILES string of the molecule is COCCC(C)(C)OC(=O)N[C@H]1CCCCC/C=C\[C@@H]2CC[C@@]2(C(=O)NS(=O)(=O)C2(C)CC2)NC(=O)[C@@H]2C[C@@]3(CN2C1=O)CC(F)(F)c1c(c(C(C)C)nc2ccc(OC)cc12)O3. The molecule has 1 spiro atoms. The van der Waals surface area contributed by atoms with Crippen LogP contribution in [0.1, 0.15) is 129 Å². The van der Waals surface area contributed by atoms with Crippen LogP contribution < -0.4 is 24.8 Å². The van der Waals surface area contributed by atoms with Gasteiger partial charge in [-0.05, 0) is 89.8 Å². The van der Waals surface area contributed by atoms with E-state index in [2.05, 4.69) is 15.4 Å². The van der Waals surface area contributed by atoms with Gasteiger partial charge in [-0.3, -0.25) is 19.1 Å². The molecule has 3 fully saturated rings. The second-order valence-electron chi connectivity index (χ2n) is 19.2. The molecule has 5 aliphatic rings. The fourth-order valence-corrected chi connectivity index (χ4v) is 10.7. The summed E-state index contributed by atoms with van der Waals surface area (Å²) < 4.78 is 85.3. The molecule has 0 unspecified atom stereocenters. The van der Waals surface area contributed by atoms with Gasteiger partial charge in [-0.25, -0.2) is 27.0 Å². The van der Waals surface area contributed by atoms with Gasteiger partial charge in [0, 0.05) is 37.9 Å². The molecule has 63 heavy (non-hydrogen) atoms. The van der Waals surface area contributed by atoms with E-state index in [0.717, 1.165) is 0 Å². The van der Waals surface area contributed by atoms with Crippen LogP contribution in [-0.2, 0) is 39.8 Å². The first-order valence-electron chi connectivity index (χ1n) is 22.0. The number of pyridine rings is 1. The van der Waals surface area contributed by atoms with E-state index < -0.39 is 98.6 Å². The number of fused-ring (bicyclic) bond motifs is 5. The second kappa shape index (κ2) is 17.1. The van der Waals surface area contributed by atoms with E-state index in [1.807, 2.05) is 12.2 Å². The zero-order chi connectivity index (χ0) is 45.8. The maximum atomic E-state index is 17.2. The first-order valence-corrected chi connectivity index (χ1v) is 23.5. The summed E-state index contributed by atoms with van der Waals surface area (Å²) >= 11 is 0. The molecule has 5 atom stereocenters. The highest BCUT2D eigenvalue weighted by molar-refractivity contribution is 7.91. The van der Waals surface area contributed by atoms with Crippen molar-refractivity contribution in [2.75, 3.05) is 27.4 Å². The summed E-state index contributed by atoms with van der Waals surface area (Å²) in [6.45, 7) is 8.40. The number of allylic oxidation sites excluding steroid dienone is 1. The molecule has 346 valence electrons. The molecule has 0 bridgehead atoms. The van der Waals surface area contributed by atoms with E-state index in [0.29, 0.717) is 69.2 Å². The average Bonchev–Trinajstić information content (AvgIpc) is 3.87. The number of benzene rings is 1. The molecule has 1 saturated heterocycles. The third-order valence-electron chi connectivity index (χ3n) is 13.6. The van der Waals surface area contributed by atoms with E-state index in [-0.39, 0.29) is 41.2 Å². The normalized spacial score (nSPS) is 28.5. The van der Waals surface area contributed by atoms with Gasteiger partial charge in [0.1, 0.15) is 34.6 Å². The van der Waals surface area contributed by atoms with Gasteiger partial charge in [0.25, 0.3) is 11.8 Å². The summed E-state index contributed by atoms with van der Waals surface area (Å²) in [6, 6.07) is 2.01. The maximum Gasteiger partial charge on any atom is 0.408 e. The predicted octanol–water partition coefficient (Wildman–Crippen LogP) is 6.27. The van der Waals surface area contributed by atoms with Crippen molar-refractivity contribution in [1.82, 2.24) is 25.2 Å². The highest BCUT2D eigenvalue weighted by Crippen LogP contribution is 2.55. The number of rotatable bonds is 10. The Hall–Kier alpha value is -4.58. The molecule has 3 N–H and O–H groups in total. The first-order chi connectivity index (χ1) is 29.6. The molecule has 15 nitrogen and oxygen atoms in total. The lowest BCUT2D eigenvalue weighted by Crippen LogP contribution is -2.70. The van der Waals surface area contributed by atoms with Crippen LogP contribution in [-0.4, -0.2) is 103 Å². The molecule has 3 aliphatic heterocycles. The molecule has 4 amide bonds. The van der Waals surface area contributed by atoms with Gasteiger partial charge in [-0.2, -0.15) is 0 Å². The van der Waals surface area contributed by atoms with Crippen molar-refractivity contribution in [3.8, 4) is 11.5 Å². The molecular weight excluding hydrogens is 841 g/mol. The summed E-state index contributed by atoms with van der Waals surface area (Å²) in [4.78, 5) is 63.7. The number of nitrogens with one attached hydrogen (secondary N) is 3. The Balaban J connectivity index is 1.30. The fourth-order valence-electron chi connectivity index (χ4n) is 9.35. The summed E-state index contributed by atoms with van der Waals surface area (Å²) in [6.07, 6.45) is 5.76. The van der Waals surface area contributed by atoms with Crippen LogP contribution in [0.25, 0.3) is 10.9 Å². The quantitative estimate of drug-likeness (QED) is 0.228. The standard InChI is InChI=1S/C45H61F2N5O10S/c1-27(2)35-36-34(30-23-29(60-7)15-16-31(30)48-35)45(46,47)25-43(61-36)24-33-37(53)50-44(39(55)51-63(57,58)42(5)19-20-42)18-17-28(44)13-11-9-8-10-12-14-32(38(54)52(33)26-43)49-40(56)62-41(3,4)21-22-59-6/h11,13,15-16,23,27-28,32-33H,8-10,12,14,17-22,24-26H2,1-7H3,(H,49,56)(H,50,53)(H,51,55)/b13-11-/t28-,32+,33+,43+,44-/m1/s1. The van der Waals surface area contributed by atoms with Crippen molar-refractivity contribution in [3.63, 3.8) is 0 Å². The van der Waals surface area contributed by atoms with Crippen LogP contribution in [0.15, 0.2) is 30.4 Å². The van der Waals surface area contributed by atoms with Crippen LogP contribution in [0.5, 0.6) is 11.5 Å². The topological polar surface area (TPSA) is 192 Å². The molecule has 2 aliphatic carbocycles. The number of hydrogen-bond donors (Lipinski definition) is 3. The minimum atomic E-state index is -4.12. The van der Waals surface area contributed by atoms with Gasteiger partial charge >= 0.3 is 6.09 Å². The Kier molecular flexibility index (Phi) is 12.6. The number of carbonyl (C=O) groups excluding carboxylic acids is 4. The number of nitrogens with zero attached hydrogens (tertiary/aromatic N) is 2. The molecule has 18 heteroatoms. The zero-order valence-corrected chi connectivity index (χ0v) is 38.1. The van der Waals surface area contributed by atoms with Crippen molar-refractivity contribution in [2.45, 2.75) is 157 Å². The number of alkyl halides is 2. The van der Waals surface area contributed by atoms with Crippen molar-refractivity contribution in [2.24, 2.45) is 5.92 Å². The van der Waals surface area contributed by atoms with Crippen LogP contribution in [0, 0.1) is 5.92 Å². The number of alkyl carbamates (subject to hydrolysis) is 1. The van der Waals surface area contributed by atoms with Gasteiger partial charge in [-0.1, -0.05) is 38.8 Å². The number of sulfonamides is 1. The largest absolute Gasteiger partial charge is 0.497 e. The summed E-state index contributed by atoms with van der Waals surface area (Å²) in [7, 11) is -1.16. The highest BCUT2D eigenvalue weighted by atomic mass is 32.2. The Labute approximate surface area is 367 Å². The average molecular weight is 902 g/mol. The van der Waals surface area contributed by atoms with E-state index >= 15 is 13.6 Å². The predicted molar refractivity (Wildman–Crippen MR) is 229 cm³/mol. The molecule has 1 aromatic heterocycles. The highest BCUT2D eigenvalue weighted by Gasteiger charge is 2.62. The molecule has 2 aromatic rings. The summed E-state index contributed by atoms with van der Waals surface area (Å²) in [5.41, 5.74) is -4.32. The Morgan fingerprint density at radius 2 is 1.84 bits per heavy atom. The fraction of sp³-hybridized carbons (Fsp3) is 0.667. The van der Waals surface area contributed by atoms with Crippen molar-refractivity contribution < 1.29 is 55.3 Å². The maximum absolute atomic E-state index is 17.2. The number of methoxy groups -OCH3 is 2. The number of halogens is 2. The number of ether oxygens (including phenoxy) is 4. The number of amides is 4. The Morgan fingerprint density at radius 3 is 2.49 bits per heavy atom. The van der Waals surface area contributed by atoms with E-state index in [9.17, 15) is 22.8 Å². The molecule has 2 saturated carbocycles. The van der Waals surface area contributed by atoms with Gasteiger partial charge in [0.2, 0.25) is 21.8 Å². The number of aromatic nitrogens is 1. The smallest absolute Gasteiger partial charge is 0.408 e. The number of carbonyl (C=O) groups is 4. The van der Waals surface area contributed by atoms with E-state index in [4.69, 9.17) is 23.9 Å². The van der Waals surface area contributed by atoms with Crippen LogP contribution in [0.2, 0.25) is 0 Å². The lowest BCUT2D eigenvalue weighted by Gasteiger charge is -2.48. The van der Waals surface area contributed by atoms with Gasteiger partial charge in [0.05, 0.1) is 41.6 Å². The third kappa shape index (κ3) is 9.07. The molecule has 1 aromatic carbocycles. The summed E-state index contributed by atoms with van der Waals surface area (Å²) in [5.74, 6) is -6.80. The second-order valence-corrected chi connectivity index (χ2v) is 21.4. The minimum Gasteiger partial charge on any atom is -0.497 e. The van der Waals surface area contributed by atoms with Gasteiger partial charge in [-0.15, -0.1) is 0 Å². The first kappa shape index (κ1) is 46.4. The van der Waals surface area contributed by atoms with E-state index in [1.54, 1.807) is 46.8 Å².